The number of halogens is 1. The lowest BCUT2D eigenvalue weighted by Gasteiger charge is -2.11. The molecule has 3 aromatic rings. The van der Waals surface area contributed by atoms with Gasteiger partial charge in [-0.1, -0.05) is 0 Å². The molecule has 2 N–H and O–H groups in total. The molecule has 160 valence electrons. The molecule has 0 saturated carbocycles. The molecular weight excluding hydrogens is 507 g/mol. The van der Waals surface area contributed by atoms with Gasteiger partial charge in [-0.3, -0.25) is 9.59 Å². The molecule has 0 spiro atoms. The fraction of sp³-hybridized carbons (Fsp3) is 0.174. The summed E-state index contributed by atoms with van der Waals surface area (Å²) in [5.41, 5.74) is 7.66. The lowest BCUT2D eigenvalue weighted by molar-refractivity contribution is -0.114. The number of hydrogen-bond acceptors (Lipinski definition) is 4. The zero-order valence-corrected chi connectivity index (χ0v) is 19.9. The molecule has 0 fully saturated rings. The monoisotopic (exact) mass is 530 g/mol. The average molecular weight is 530 g/mol. The van der Waals surface area contributed by atoms with Gasteiger partial charge in [0.25, 0.3) is 5.91 Å². The van der Waals surface area contributed by atoms with Crippen LogP contribution in [0.25, 0.3) is 5.69 Å². The minimum atomic E-state index is -0.312. The van der Waals surface area contributed by atoms with Crippen molar-refractivity contribution in [3.05, 3.63) is 74.6 Å². The third kappa shape index (κ3) is 5.32. The standard InChI is InChI=1S/C23H23IN4O3/c1-14-11-18(13-25-27-23(30)17-5-10-21(24)22(12-17)31-4)15(2)28(14)20-8-6-19(7-9-20)26-16(3)29/h5-13H,1-4H3,(H,26,29)(H,27,30)/b25-13-. The van der Waals surface area contributed by atoms with E-state index in [0.29, 0.717) is 11.3 Å². The molecule has 8 heteroatoms. The number of rotatable bonds is 6. The topological polar surface area (TPSA) is 84.7 Å². The first-order valence-electron chi connectivity index (χ1n) is 9.54. The molecule has 31 heavy (non-hydrogen) atoms. The van der Waals surface area contributed by atoms with Crippen molar-refractivity contribution in [1.29, 1.82) is 0 Å². The molecule has 0 radical (unpaired) electrons. The summed E-state index contributed by atoms with van der Waals surface area (Å²) in [6.45, 7) is 5.47. The van der Waals surface area contributed by atoms with Crippen molar-refractivity contribution < 1.29 is 14.3 Å². The van der Waals surface area contributed by atoms with Crippen LogP contribution in [0.2, 0.25) is 0 Å². The highest BCUT2D eigenvalue weighted by Crippen LogP contribution is 2.23. The minimum absolute atomic E-state index is 0.106. The third-order valence-electron chi connectivity index (χ3n) is 4.70. The largest absolute Gasteiger partial charge is 0.496 e. The highest BCUT2D eigenvalue weighted by Gasteiger charge is 2.11. The number of benzene rings is 2. The number of aromatic nitrogens is 1. The van der Waals surface area contributed by atoms with Crippen LogP contribution >= 0.6 is 22.6 Å². The third-order valence-corrected chi connectivity index (χ3v) is 5.59. The summed E-state index contributed by atoms with van der Waals surface area (Å²) in [6.07, 6.45) is 1.63. The maximum absolute atomic E-state index is 12.4. The maximum Gasteiger partial charge on any atom is 0.271 e. The fourth-order valence-electron chi connectivity index (χ4n) is 3.24. The Morgan fingerprint density at radius 1 is 1.10 bits per heavy atom. The summed E-state index contributed by atoms with van der Waals surface area (Å²) in [7, 11) is 1.57. The molecule has 1 aromatic heterocycles. The predicted octanol–water partition coefficient (Wildman–Crippen LogP) is 4.43. The van der Waals surface area contributed by atoms with Gasteiger partial charge in [0.2, 0.25) is 5.91 Å². The fourth-order valence-corrected chi connectivity index (χ4v) is 3.79. The Bertz CT molecular complexity index is 1150. The zero-order chi connectivity index (χ0) is 22.5. The van der Waals surface area contributed by atoms with E-state index in [1.54, 1.807) is 25.5 Å². The van der Waals surface area contributed by atoms with Crippen LogP contribution in [0.15, 0.2) is 53.6 Å². The number of ether oxygens (including phenoxy) is 1. The van der Waals surface area contributed by atoms with E-state index < -0.39 is 0 Å². The van der Waals surface area contributed by atoms with Crippen LogP contribution in [0.4, 0.5) is 5.69 Å². The molecule has 0 aliphatic heterocycles. The van der Waals surface area contributed by atoms with Crippen molar-refractivity contribution >= 4 is 46.3 Å². The van der Waals surface area contributed by atoms with Crippen LogP contribution in [0, 0.1) is 17.4 Å². The van der Waals surface area contributed by atoms with E-state index >= 15 is 0 Å². The van der Waals surface area contributed by atoms with Gasteiger partial charge in [0.15, 0.2) is 0 Å². The van der Waals surface area contributed by atoms with Gasteiger partial charge in [-0.25, -0.2) is 5.43 Å². The highest BCUT2D eigenvalue weighted by atomic mass is 127. The predicted molar refractivity (Wildman–Crippen MR) is 130 cm³/mol. The van der Waals surface area contributed by atoms with Gasteiger partial charge in [-0.15, -0.1) is 0 Å². The number of nitrogens with one attached hydrogen (secondary N) is 2. The van der Waals surface area contributed by atoms with Crippen molar-refractivity contribution in [1.82, 2.24) is 9.99 Å². The first kappa shape index (κ1) is 22.5. The molecule has 0 bridgehead atoms. The minimum Gasteiger partial charge on any atom is -0.496 e. The zero-order valence-electron chi connectivity index (χ0n) is 17.7. The number of anilines is 1. The highest BCUT2D eigenvalue weighted by molar-refractivity contribution is 14.1. The SMILES string of the molecule is COc1cc(C(=O)N/N=C\c2cc(C)n(-c3ccc(NC(C)=O)cc3)c2C)ccc1I. The molecule has 0 atom stereocenters. The first-order chi connectivity index (χ1) is 14.8. The Balaban J connectivity index is 1.75. The maximum atomic E-state index is 12.4. The van der Waals surface area contributed by atoms with Crippen molar-refractivity contribution in [2.45, 2.75) is 20.8 Å². The quantitative estimate of drug-likeness (QED) is 0.281. The summed E-state index contributed by atoms with van der Waals surface area (Å²) < 4.78 is 8.28. The molecule has 0 saturated heterocycles. The Hall–Kier alpha value is -3.14. The Labute approximate surface area is 194 Å². The molecule has 1 heterocycles. The molecular formula is C23H23IN4O3. The Morgan fingerprint density at radius 3 is 2.45 bits per heavy atom. The van der Waals surface area contributed by atoms with Crippen molar-refractivity contribution in [3.8, 4) is 11.4 Å². The van der Waals surface area contributed by atoms with Gasteiger partial charge in [0.05, 0.1) is 16.9 Å². The Morgan fingerprint density at radius 2 is 1.81 bits per heavy atom. The molecule has 7 nitrogen and oxygen atoms in total. The normalized spacial score (nSPS) is 10.9. The molecule has 0 unspecified atom stereocenters. The summed E-state index contributed by atoms with van der Waals surface area (Å²) >= 11 is 2.15. The summed E-state index contributed by atoms with van der Waals surface area (Å²) in [5, 5.41) is 6.89. The van der Waals surface area contributed by atoms with Crippen LogP contribution in [0.3, 0.4) is 0 Å². The van der Waals surface area contributed by atoms with Crippen molar-refractivity contribution in [2.24, 2.45) is 5.10 Å². The van der Waals surface area contributed by atoms with Crippen LogP contribution in [-0.2, 0) is 4.79 Å². The van der Waals surface area contributed by atoms with E-state index in [0.717, 1.165) is 31.9 Å². The number of nitrogens with zero attached hydrogens (tertiary/aromatic N) is 2. The number of hydrazone groups is 1. The number of methoxy groups -OCH3 is 1. The van der Waals surface area contributed by atoms with Crippen LogP contribution in [0.1, 0.15) is 34.2 Å². The smallest absolute Gasteiger partial charge is 0.271 e. The molecule has 3 rings (SSSR count). The molecule has 0 aliphatic carbocycles. The van der Waals surface area contributed by atoms with E-state index in [2.05, 4.69) is 43.0 Å². The van der Waals surface area contributed by atoms with E-state index in [9.17, 15) is 9.59 Å². The van der Waals surface area contributed by atoms with Gasteiger partial charge in [-0.05, 0) is 85.0 Å². The van der Waals surface area contributed by atoms with E-state index in [-0.39, 0.29) is 11.8 Å². The summed E-state index contributed by atoms with van der Waals surface area (Å²) in [4.78, 5) is 23.6. The second-order valence-electron chi connectivity index (χ2n) is 6.94. The van der Waals surface area contributed by atoms with Gasteiger partial charge in [-0.2, -0.15) is 5.10 Å². The molecule has 2 amide bonds. The van der Waals surface area contributed by atoms with Gasteiger partial charge in [0.1, 0.15) is 5.75 Å². The summed E-state index contributed by atoms with van der Waals surface area (Å²) in [6, 6.07) is 14.8. The lowest BCUT2D eigenvalue weighted by atomic mass is 10.2. The second kappa shape index (κ2) is 9.78. The van der Waals surface area contributed by atoms with Gasteiger partial charge >= 0.3 is 0 Å². The van der Waals surface area contributed by atoms with Crippen molar-refractivity contribution in [2.75, 3.05) is 12.4 Å². The van der Waals surface area contributed by atoms with Crippen LogP contribution in [-0.4, -0.2) is 29.7 Å². The average Bonchev–Trinajstić information content (AvgIpc) is 3.01. The van der Waals surface area contributed by atoms with Crippen LogP contribution in [0.5, 0.6) is 5.75 Å². The van der Waals surface area contributed by atoms with E-state index in [4.69, 9.17) is 4.74 Å². The number of carbonyl (C=O) groups excluding carboxylic acids is 2. The van der Waals surface area contributed by atoms with Crippen molar-refractivity contribution in [3.63, 3.8) is 0 Å². The second-order valence-corrected chi connectivity index (χ2v) is 8.10. The molecule has 2 aromatic carbocycles. The number of hydrogen-bond donors (Lipinski definition) is 2. The van der Waals surface area contributed by atoms with Crippen LogP contribution < -0.4 is 15.5 Å². The number of aryl methyl sites for hydroxylation is 1. The Kier molecular flexibility index (Phi) is 7.11. The lowest BCUT2D eigenvalue weighted by Crippen LogP contribution is -2.17. The van der Waals surface area contributed by atoms with E-state index in [1.807, 2.05) is 50.2 Å². The molecule has 0 aliphatic rings. The van der Waals surface area contributed by atoms with Gasteiger partial charge in [0, 0.05) is 40.8 Å². The first-order valence-corrected chi connectivity index (χ1v) is 10.6. The summed E-state index contributed by atoms with van der Waals surface area (Å²) in [5.74, 6) is 0.226. The number of amides is 2. The number of carbonyl (C=O) groups is 2. The van der Waals surface area contributed by atoms with E-state index in [1.165, 1.54) is 6.92 Å². The van der Waals surface area contributed by atoms with Gasteiger partial charge < -0.3 is 14.6 Å².